The van der Waals surface area contributed by atoms with Crippen molar-refractivity contribution in [2.45, 2.75) is 25.2 Å². The second kappa shape index (κ2) is 10.5. The molecule has 1 heterocycles. The van der Waals surface area contributed by atoms with Crippen LogP contribution in [0.15, 0.2) is 66.3 Å². The molecular weight excluding hydrogens is 400 g/mol. The van der Waals surface area contributed by atoms with Crippen molar-refractivity contribution in [3.8, 4) is 11.5 Å². The van der Waals surface area contributed by atoms with Crippen LogP contribution in [0.5, 0.6) is 11.5 Å². The molecule has 30 heavy (non-hydrogen) atoms. The Morgan fingerprint density at radius 3 is 2.67 bits per heavy atom. The van der Waals surface area contributed by atoms with Crippen LogP contribution in [0.1, 0.15) is 11.4 Å². The molecule has 1 N–H and O–H groups in total. The number of nitrogens with one attached hydrogen (secondary N) is 1. The van der Waals surface area contributed by atoms with Gasteiger partial charge >= 0.3 is 0 Å². The van der Waals surface area contributed by atoms with Crippen molar-refractivity contribution in [2.24, 2.45) is 0 Å². The Kier molecular flexibility index (Phi) is 7.51. The van der Waals surface area contributed by atoms with E-state index in [4.69, 9.17) is 9.47 Å². The second-order valence-corrected chi connectivity index (χ2v) is 7.36. The zero-order valence-electron chi connectivity index (χ0n) is 17.0. The zero-order chi connectivity index (χ0) is 21.3. The molecule has 0 radical (unpaired) electrons. The molecule has 156 valence electrons. The van der Waals surface area contributed by atoms with E-state index in [-0.39, 0.29) is 18.3 Å². The largest absolute Gasteiger partial charge is 0.497 e. The molecule has 0 aliphatic rings. The molecule has 8 heteroatoms. The molecule has 0 unspecified atom stereocenters. The fraction of sp³-hybridized carbons (Fsp3) is 0.227. The van der Waals surface area contributed by atoms with Gasteiger partial charge in [-0.3, -0.25) is 9.36 Å². The molecule has 0 saturated heterocycles. The highest BCUT2D eigenvalue weighted by atomic mass is 32.2. The number of carbonyl (C=O) groups is 1. The van der Waals surface area contributed by atoms with Crippen LogP contribution < -0.4 is 14.8 Å². The van der Waals surface area contributed by atoms with E-state index in [9.17, 15) is 4.79 Å². The number of allylic oxidation sites excluding steroid dienone is 1. The van der Waals surface area contributed by atoms with E-state index < -0.39 is 0 Å². The molecule has 0 spiro atoms. The van der Waals surface area contributed by atoms with Gasteiger partial charge in [-0.2, -0.15) is 0 Å². The van der Waals surface area contributed by atoms with Gasteiger partial charge in [0, 0.05) is 12.2 Å². The molecule has 1 amide bonds. The number of anilines is 1. The van der Waals surface area contributed by atoms with Crippen molar-refractivity contribution in [1.29, 1.82) is 0 Å². The fourth-order valence-corrected chi connectivity index (χ4v) is 3.47. The first-order valence-corrected chi connectivity index (χ1v) is 10.4. The highest BCUT2D eigenvalue weighted by Gasteiger charge is 2.14. The van der Waals surface area contributed by atoms with Gasteiger partial charge in [-0.1, -0.05) is 36.0 Å². The van der Waals surface area contributed by atoms with Gasteiger partial charge in [0.25, 0.3) is 0 Å². The average molecular weight is 425 g/mol. The van der Waals surface area contributed by atoms with Gasteiger partial charge in [0.2, 0.25) is 5.91 Å². The van der Waals surface area contributed by atoms with E-state index in [0.717, 1.165) is 17.1 Å². The van der Waals surface area contributed by atoms with Crippen LogP contribution in [0.4, 0.5) is 5.69 Å². The first kappa shape index (κ1) is 21.4. The molecule has 3 aromatic rings. The van der Waals surface area contributed by atoms with Crippen LogP contribution in [0.25, 0.3) is 0 Å². The van der Waals surface area contributed by atoms with Crippen LogP contribution in [0.3, 0.4) is 0 Å². The molecule has 0 aliphatic carbocycles. The molecule has 0 saturated carbocycles. The molecule has 0 fully saturated rings. The van der Waals surface area contributed by atoms with E-state index in [1.54, 1.807) is 37.5 Å². The topological polar surface area (TPSA) is 78.3 Å². The number of nitrogens with zero attached hydrogens (tertiary/aromatic N) is 3. The van der Waals surface area contributed by atoms with Crippen LogP contribution >= 0.6 is 11.8 Å². The minimum Gasteiger partial charge on any atom is -0.497 e. The molecule has 1 aromatic heterocycles. The molecule has 3 rings (SSSR count). The molecule has 0 aliphatic heterocycles. The van der Waals surface area contributed by atoms with Crippen molar-refractivity contribution in [3.05, 3.63) is 72.6 Å². The Bertz CT molecular complexity index is 1000. The Morgan fingerprint density at radius 2 is 1.97 bits per heavy atom. The summed E-state index contributed by atoms with van der Waals surface area (Å²) in [6, 6.07) is 15.0. The van der Waals surface area contributed by atoms with Crippen molar-refractivity contribution in [1.82, 2.24) is 14.8 Å². The van der Waals surface area contributed by atoms with Crippen molar-refractivity contribution in [2.75, 3.05) is 18.2 Å². The lowest BCUT2D eigenvalue weighted by atomic mass is 10.2. The minimum absolute atomic E-state index is 0.129. The number of aryl methyl sites for hydroxylation is 1. The number of ether oxygens (including phenoxy) is 2. The van der Waals surface area contributed by atoms with E-state index >= 15 is 0 Å². The Labute approximate surface area is 180 Å². The maximum Gasteiger partial charge on any atom is 0.234 e. The Balaban J connectivity index is 1.60. The highest BCUT2D eigenvalue weighted by molar-refractivity contribution is 7.99. The van der Waals surface area contributed by atoms with Crippen molar-refractivity contribution in [3.63, 3.8) is 0 Å². The van der Waals surface area contributed by atoms with Gasteiger partial charge in [0.05, 0.1) is 12.9 Å². The lowest BCUT2D eigenvalue weighted by Gasteiger charge is -2.10. The van der Waals surface area contributed by atoms with Gasteiger partial charge < -0.3 is 14.8 Å². The van der Waals surface area contributed by atoms with Gasteiger partial charge in [-0.05, 0) is 42.8 Å². The van der Waals surface area contributed by atoms with Gasteiger partial charge in [-0.25, -0.2) is 0 Å². The Hall–Kier alpha value is -3.26. The third-order valence-electron chi connectivity index (χ3n) is 4.26. The molecular formula is C22H24N4O3S. The average Bonchev–Trinajstić information content (AvgIpc) is 3.14. The summed E-state index contributed by atoms with van der Waals surface area (Å²) < 4.78 is 12.9. The summed E-state index contributed by atoms with van der Waals surface area (Å²) in [5.74, 6) is 2.30. The summed E-state index contributed by atoms with van der Waals surface area (Å²) >= 11 is 1.32. The van der Waals surface area contributed by atoms with Gasteiger partial charge in [0.15, 0.2) is 11.0 Å². The number of rotatable bonds is 10. The minimum atomic E-state index is -0.129. The molecule has 2 aromatic carbocycles. The van der Waals surface area contributed by atoms with Crippen LogP contribution in [0, 0.1) is 6.92 Å². The lowest BCUT2D eigenvalue weighted by Crippen LogP contribution is -2.15. The number of hydrogen-bond donors (Lipinski definition) is 1. The molecule has 0 atom stereocenters. The monoisotopic (exact) mass is 424 g/mol. The molecule has 7 nitrogen and oxygen atoms in total. The lowest BCUT2D eigenvalue weighted by molar-refractivity contribution is -0.113. The maximum atomic E-state index is 12.3. The van der Waals surface area contributed by atoms with Gasteiger partial charge in [0.1, 0.15) is 18.1 Å². The van der Waals surface area contributed by atoms with E-state index in [0.29, 0.717) is 23.2 Å². The summed E-state index contributed by atoms with van der Waals surface area (Å²) in [7, 11) is 1.60. The summed E-state index contributed by atoms with van der Waals surface area (Å²) in [5.41, 5.74) is 1.76. The van der Waals surface area contributed by atoms with Crippen LogP contribution in [-0.4, -0.2) is 33.5 Å². The summed E-state index contributed by atoms with van der Waals surface area (Å²) in [6.07, 6.45) is 1.77. The maximum absolute atomic E-state index is 12.3. The number of methoxy groups -OCH3 is 1. The van der Waals surface area contributed by atoms with E-state index in [1.165, 1.54) is 11.8 Å². The third kappa shape index (κ3) is 5.64. The molecule has 0 bridgehead atoms. The summed E-state index contributed by atoms with van der Waals surface area (Å²) in [6.45, 7) is 6.60. The summed E-state index contributed by atoms with van der Waals surface area (Å²) in [5, 5.41) is 12.0. The van der Waals surface area contributed by atoms with Gasteiger partial charge in [-0.15, -0.1) is 16.8 Å². The standard InChI is InChI=1S/C22H24N4O3S/c1-4-13-26-20(14-29-19-8-6-5-7-16(19)2)24-25-22(26)30-15-21(27)23-17-9-11-18(28-3)12-10-17/h4-12H,1,13-15H2,2-3H3,(H,23,27). The first-order chi connectivity index (χ1) is 14.6. The number of benzene rings is 2. The van der Waals surface area contributed by atoms with Crippen LogP contribution in [-0.2, 0) is 17.9 Å². The zero-order valence-corrected chi connectivity index (χ0v) is 17.8. The predicted octanol–water partition coefficient (Wildman–Crippen LogP) is 4.09. The van der Waals surface area contributed by atoms with Crippen LogP contribution in [0.2, 0.25) is 0 Å². The fourth-order valence-electron chi connectivity index (χ4n) is 2.71. The van der Waals surface area contributed by atoms with E-state index in [1.807, 2.05) is 35.8 Å². The second-order valence-electron chi connectivity index (χ2n) is 6.42. The quantitative estimate of drug-likeness (QED) is 0.390. The SMILES string of the molecule is C=CCn1c(COc2ccccc2C)nnc1SCC(=O)Nc1ccc(OC)cc1. The number of amides is 1. The number of carbonyl (C=O) groups excluding carboxylic acids is 1. The Morgan fingerprint density at radius 1 is 1.20 bits per heavy atom. The predicted molar refractivity (Wildman–Crippen MR) is 118 cm³/mol. The van der Waals surface area contributed by atoms with Crippen molar-refractivity contribution < 1.29 is 14.3 Å². The number of para-hydroxylation sites is 1. The first-order valence-electron chi connectivity index (χ1n) is 9.39. The van der Waals surface area contributed by atoms with Crippen molar-refractivity contribution >= 4 is 23.4 Å². The smallest absolute Gasteiger partial charge is 0.234 e. The highest BCUT2D eigenvalue weighted by Crippen LogP contribution is 2.21. The number of thioether (sulfide) groups is 1. The van der Waals surface area contributed by atoms with E-state index in [2.05, 4.69) is 22.1 Å². The number of hydrogen-bond acceptors (Lipinski definition) is 6. The summed E-state index contributed by atoms with van der Waals surface area (Å²) in [4.78, 5) is 12.3. The number of aromatic nitrogens is 3. The normalized spacial score (nSPS) is 10.5. The third-order valence-corrected chi connectivity index (χ3v) is 5.23.